The molecule has 0 unspecified atom stereocenters. The molecule has 3 aromatic heterocycles. The normalized spacial score (nSPS) is 12.7. The van der Waals surface area contributed by atoms with Gasteiger partial charge in [-0.05, 0) is 42.5 Å². The number of hydrogen-bond donors (Lipinski definition) is 3. The van der Waals surface area contributed by atoms with Crippen LogP contribution < -0.4 is 10.9 Å². The van der Waals surface area contributed by atoms with Crippen LogP contribution >= 0.6 is 34.9 Å². The number of fused-ring (bicyclic) bond motifs is 3. The average molecular weight is 555 g/mol. The summed E-state index contributed by atoms with van der Waals surface area (Å²) < 4.78 is 2.01. The van der Waals surface area contributed by atoms with Crippen molar-refractivity contribution in [2.45, 2.75) is 47.6 Å². The van der Waals surface area contributed by atoms with E-state index in [-0.39, 0.29) is 24.6 Å². The highest BCUT2D eigenvalue weighted by molar-refractivity contribution is 7.98. The van der Waals surface area contributed by atoms with Crippen LogP contribution in [-0.4, -0.2) is 48.9 Å². The Morgan fingerprint density at radius 1 is 1.22 bits per heavy atom. The van der Waals surface area contributed by atoms with Gasteiger partial charge in [0.15, 0.2) is 10.3 Å². The molecule has 1 aliphatic carbocycles. The van der Waals surface area contributed by atoms with E-state index in [0.717, 1.165) is 46.0 Å². The number of aliphatic hydroxyl groups is 1. The summed E-state index contributed by atoms with van der Waals surface area (Å²) in [5, 5.41) is 22.4. The standard InChI is InChI=1S/C25H26N6O3S3/c1-2-11-31-19(14-35-24-27-22(34)20-17-4-3-5-18(17)37-23(20)28-24)29-30-25(31)36-13-15-6-8-16(9-7-15)21(33)26-10-12-32/h2,6-9,32H,1,3-5,10-14H2,(H,26,33)(H,27,28,34). The summed E-state index contributed by atoms with van der Waals surface area (Å²) in [7, 11) is 0. The zero-order valence-corrected chi connectivity index (χ0v) is 22.5. The van der Waals surface area contributed by atoms with Gasteiger partial charge in [0.2, 0.25) is 0 Å². The second-order valence-corrected chi connectivity index (χ2v) is 11.5. The molecule has 0 spiro atoms. The van der Waals surface area contributed by atoms with E-state index >= 15 is 0 Å². The number of hydrogen-bond acceptors (Lipinski definition) is 9. The maximum atomic E-state index is 12.7. The Kier molecular flexibility index (Phi) is 8.08. The molecule has 0 aliphatic heterocycles. The molecule has 9 nitrogen and oxygen atoms in total. The number of nitrogens with zero attached hydrogens (tertiary/aromatic N) is 4. The van der Waals surface area contributed by atoms with Crippen LogP contribution in [0.25, 0.3) is 10.2 Å². The maximum Gasteiger partial charge on any atom is 0.260 e. The maximum absolute atomic E-state index is 12.7. The minimum Gasteiger partial charge on any atom is -0.395 e. The number of thioether (sulfide) groups is 2. The molecule has 0 radical (unpaired) electrons. The Labute approximate surface area is 225 Å². The van der Waals surface area contributed by atoms with Crippen molar-refractivity contribution < 1.29 is 9.90 Å². The molecule has 1 aromatic carbocycles. The first-order chi connectivity index (χ1) is 18.1. The first-order valence-corrected chi connectivity index (χ1v) is 14.7. The third kappa shape index (κ3) is 5.66. The molecule has 12 heteroatoms. The summed E-state index contributed by atoms with van der Waals surface area (Å²) in [6, 6.07) is 7.35. The van der Waals surface area contributed by atoms with E-state index < -0.39 is 0 Å². The highest BCUT2D eigenvalue weighted by atomic mass is 32.2. The smallest absolute Gasteiger partial charge is 0.260 e. The van der Waals surface area contributed by atoms with E-state index in [2.05, 4.69) is 27.1 Å². The fourth-order valence-corrected chi connectivity index (χ4v) is 7.24. The van der Waals surface area contributed by atoms with Crippen LogP contribution in [0.3, 0.4) is 0 Å². The summed E-state index contributed by atoms with van der Waals surface area (Å²) in [5.74, 6) is 1.74. The van der Waals surface area contributed by atoms with Crippen molar-refractivity contribution in [3.8, 4) is 0 Å². The van der Waals surface area contributed by atoms with Crippen LogP contribution in [0.15, 0.2) is 52.0 Å². The second-order valence-electron chi connectivity index (χ2n) is 8.46. The number of aromatic amines is 1. The fraction of sp³-hybridized carbons (Fsp3) is 0.320. The quantitative estimate of drug-likeness (QED) is 0.146. The van der Waals surface area contributed by atoms with Crippen molar-refractivity contribution in [3.05, 3.63) is 74.7 Å². The SMILES string of the molecule is C=CCn1c(CSc2nc3sc4c(c3c(=O)[nH]2)CCC4)nnc1SCc1ccc(C(=O)NCCO)cc1. The van der Waals surface area contributed by atoms with Gasteiger partial charge in [0.1, 0.15) is 10.7 Å². The molecular weight excluding hydrogens is 529 g/mol. The monoisotopic (exact) mass is 554 g/mol. The number of carbonyl (C=O) groups excluding carboxylic acids is 1. The molecule has 0 saturated carbocycles. The van der Waals surface area contributed by atoms with Crippen molar-refractivity contribution in [2.75, 3.05) is 13.2 Å². The number of aryl methyl sites for hydroxylation is 2. The number of allylic oxidation sites excluding steroid dienone is 1. The van der Waals surface area contributed by atoms with Gasteiger partial charge in [-0.15, -0.1) is 28.1 Å². The molecular formula is C25H26N6O3S3. The van der Waals surface area contributed by atoms with Gasteiger partial charge in [-0.1, -0.05) is 41.7 Å². The lowest BCUT2D eigenvalue weighted by atomic mass is 10.1. The van der Waals surface area contributed by atoms with Crippen molar-refractivity contribution in [3.63, 3.8) is 0 Å². The summed E-state index contributed by atoms with van der Waals surface area (Å²) in [6.45, 7) is 4.57. The fourth-order valence-electron chi connectivity index (χ4n) is 4.20. The van der Waals surface area contributed by atoms with E-state index in [0.29, 0.717) is 28.8 Å². The van der Waals surface area contributed by atoms with Gasteiger partial charge in [0.05, 0.1) is 17.7 Å². The van der Waals surface area contributed by atoms with E-state index in [4.69, 9.17) is 10.1 Å². The lowest BCUT2D eigenvalue weighted by Gasteiger charge is -2.08. The molecule has 37 heavy (non-hydrogen) atoms. The van der Waals surface area contributed by atoms with E-state index in [1.807, 2.05) is 16.7 Å². The van der Waals surface area contributed by atoms with Gasteiger partial charge in [-0.2, -0.15) is 0 Å². The topological polar surface area (TPSA) is 126 Å². The molecule has 3 N–H and O–H groups in total. The van der Waals surface area contributed by atoms with E-state index in [1.165, 1.54) is 22.2 Å². The molecule has 0 saturated heterocycles. The third-order valence-corrected chi connectivity index (χ3v) is 9.07. The van der Waals surface area contributed by atoms with Crippen LogP contribution in [0.5, 0.6) is 0 Å². The zero-order chi connectivity index (χ0) is 25.8. The molecule has 1 amide bonds. The number of thiophene rings is 1. The summed E-state index contributed by atoms with van der Waals surface area (Å²) in [5.41, 5.74) is 2.71. The molecule has 1 aliphatic rings. The molecule has 3 heterocycles. The molecule has 192 valence electrons. The lowest BCUT2D eigenvalue weighted by Crippen LogP contribution is -2.26. The minimum atomic E-state index is -0.209. The van der Waals surface area contributed by atoms with E-state index in [1.54, 1.807) is 41.3 Å². The molecule has 0 bridgehead atoms. The van der Waals surface area contributed by atoms with Gasteiger partial charge in [-0.25, -0.2) is 4.98 Å². The minimum absolute atomic E-state index is 0.0624. The number of nitrogens with one attached hydrogen (secondary N) is 2. The first kappa shape index (κ1) is 25.7. The van der Waals surface area contributed by atoms with Crippen LogP contribution in [0, 0.1) is 0 Å². The van der Waals surface area contributed by atoms with Crippen molar-refractivity contribution >= 4 is 51.0 Å². The summed E-state index contributed by atoms with van der Waals surface area (Å²) >= 11 is 4.63. The predicted octanol–water partition coefficient (Wildman–Crippen LogP) is 3.56. The lowest BCUT2D eigenvalue weighted by molar-refractivity contribution is 0.0945. The second kappa shape index (κ2) is 11.6. The van der Waals surface area contributed by atoms with Crippen molar-refractivity contribution in [2.24, 2.45) is 0 Å². The Bertz CT molecular complexity index is 1490. The first-order valence-electron chi connectivity index (χ1n) is 11.9. The van der Waals surface area contributed by atoms with Crippen LogP contribution in [-0.2, 0) is 30.9 Å². The Morgan fingerprint density at radius 3 is 2.84 bits per heavy atom. The Balaban J connectivity index is 1.25. The van der Waals surface area contributed by atoms with Gasteiger partial charge in [0, 0.05) is 29.3 Å². The number of H-pyrrole nitrogens is 1. The van der Waals surface area contributed by atoms with E-state index in [9.17, 15) is 9.59 Å². The highest BCUT2D eigenvalue weighted by Gasteiger charge is 2.21. The number of amides is 1. The van der Waals surface area contributed by atoms with Crippen LogP contribution in [0.2, 0.25) is 0 Å². The number of rotatable bonds is 11. The summed E-state index contributed by atoms with van der Waals surface area (Å²) in [6.07, 6.45) is 4.91. The molecule has 4 aromatic rings. The largest absolute Gasteiger partial charge is 0.395 e. The van der Waals surface area contributed by atoms with Gasteiger partial charge < -0.3 is 20.0 Å². The van der Waals surface area contributed by atoms with Gasteiger partial charge in [0.25, 0.3) is 11.5 Å². The van der Waals surface area contributed by atoms with Crippen molar-refractivity contribution in [1.82, 2.24) is 30.0 Å². The highest BCUT2D eigenvalue weighted by Crippen LogP contribution is 2.35. The summed E-state index contributed by atoms with van der Waals surface area (Å²) in [4.78, 5) is 34.5. The molecule has 0 atom stereocenters. The predicted molar refractivity (Wildman–Crippen MR) is 147 cm³/mol. The van der Waals surface area contributed by atoms with Gasteiger partial charge in [-0.3, -0.25) is 9.59 Å². The Hall–Kier alpha value is -2.93. The van der Waals surface area contributed by atoms with Crippen LogP contribution in [0.1, 0.15) is 38.6 Å². The Morgan fingerprint density at radius 2 is 2.05 bits per heavy atom. The average Bonchev–Trinajstić information content (AvgIpc) is 3.60. The molecule has 5 rings (SSSR count). The number of benzene rings is 1. The van der Waals surface area contributed by atoms with Gasteiger partial charge >= 0.3 is 0 Å². The molecule has 0 fully saturated rings. The van der Waals surface area contributed by atoms with Crippen LogP contribution in [0.4, 0.5) is 0 Å². The number of carbonyl (C=O) groups is 1. The van der Waals surface area contributed by atoms with Crippen molar-refractivity contribution in [1.29, 1.82) is 0 Å². The third-order valence-electron chi connectivity index (χ3n) is 5.98. The number of aliphatic hydroxyl groups excluding tert-OH is 1. The zero-order valence-electron chi connectivity index (χ0n) is 20.0. The number of aromatic nitrogens is 5.